The molecule has 0 aliphatic heterocycles. The van der Waals surface area contributed by atoms with Crippen LogP contribution in [0.1, 0.15) is 30.5 Å². The van der Waals surface area contributed by atoms with Gasteiger partial charge in [-0.05, 0) is 31.9 Å². The van der Waals surface area contributed by atoms with Gasteiger partial charge in [0.1, 0.15) is 6.04 Å². The smallest absolute Gasteiger partial charge is 0.326 e. The number of rotatable bonds is 6. The summed E-state index contributed by atoms with van der Waals surface area (Å²) in [5.41, 5.74) is 0. The summed E-state index contributed by atoms with van der Waals surface area (Å²) in [7, 11) is 0. The van der Waals surface area contributed by atoms with E-state index in [0.717, 1.165) is 6.42 Å². The largest absolute Gasteiger partial charge is 0.480 e. The Morgan fingerprint density at radius 1 is 1.25 bits per heavy atom. The molecular weight excluding hydrogens is 276 g/mol. The van der Waals surface area contributed by atoms with E-state index < -0.39 is 18.0 Å². The van der Waals surface area contributed by atoms with Crippen molar-refractivity contribution in [2.75, 3.05) is 0 Å². The number of carboxylic acids is 1. The molecule has 0 saturated carbocycles. The molecule has 0 fully saturated rings. The number of carboxylic acid groups (broad SMARTS) is 1. The highest BCUT2D eigenvalue weighted by molar-refractivity contribution is 7.11. The first-order chi connectivity index (χ1) is 9.29. The van der Waals surface area contributed by atoms with Crippen LogP contribution in [0.2, 0.25) is 0 Å². The van der Waals surface area contributed by atoms with E-state index in [2.05, 4.69) is 10.6 Å². The van der Waals surface area contributed by atoms with Gasteiger partial charge in [0.2, 0.25) is 0 Å². The van der Waals surface area contributed by atoms with Gasteiger partial charge in [-0.2, -0.15) is 0 Å². The van der Waals surface area contributed by atoms with Gasteiger partial charge in [-0.3, -0.25) is 0 Å². The number of nitrogens with one attached hydrogen (secondary N) is 2. The Labute approximate surface area is 123 Å². The summed E-state index contributed by atoms with van der Waals surface area (Å²) in [4.78, 5) is 25.2. The lowest BCUT2D eigenvalue weighted by Gasteiger charge is -2.20. The Bertz CT molecular complexity index is 471. The molecule has 1 aromatic rings. The number of aliphatic carboxylic acids is 1. The first-order valence-electron chi connectivity index (χ1n) is 6.64. The molecular formula is C14H22N2O3S. The molecule has 112 valence electrons. The van der Waals surface area contributed by atoms with E-state index in [-0.39, 0.29) is 12.0 Å². The van der Waals surface area contributed by atoms with E-state index in [9.17, 15) is 9.59 Å². The van der Waals surface area contributed by atoms with Crippen molar-refractivity contribution in [1.82, 2.24) is 10.6 Å². The van der Waals surface area contributed by atoms with E-state index in [1.807, 2.05) is 26.0 Å². The third-order valence-electron chi connectivity index (χ3n) is 2.90. The van der Waals surface area contributed by atoms with Crippen LogP contribution in [0.5, 0.6) is 0 Å². The van der Waals surface area contributed by atoms with E-state index in [1.165, 1.54) is 9.75 Å². The summed E-state index contributed by atoms with van der Waals surface area (Å²) < 4.78 is 0. The van der Waals surface area contributed by atoms with Gasteiger partial charge in [-0.25, -0.2) is 9.59 Å². The number of carbonyl (C=O) groups is 2. The number of thiophene rings is 1. The SMILES string of the molecule is Cc1ccc(CC(C)NC(=O)NC(C(=O)O)C(C)C)s1. The Morgan fingerprint density at radius 2 is 1.90 bits per heavy atom. The predicted octanol–water partition coefficient (Wildman–Crippen LogP) is 2.40. The quantitative estimate of drug-likeness (QED) is 0.754. The van der Waals surface area contributed by atoms with Crippen LogP contribution >= 0.6 is 11.3 Å². The molecule has 0 aliphatic rings. The van der Waals surface area contributed by atoms with E-state index in [1.54, 1.807) is 25.2 Å². The summed E-state index contributed by atoms with van der Waals surface area (Å²) in [5, 5.41) is 14.3. The molecule has 0 aromatic carbocycles. The highest BCUT2D eigenvalue weighted by atomic mass is 32.1. The van der Waals surface area contributed by atoms with Crippen LogP contribution < -0.4 is 10.6 Å². The van der Waals surface area contributed by atoms with Gasteiger partial charge in [-0.1, -0.05) is 13.8 Å². The molecule has 3 N–H and O–H groups in total. The molecule has 6 heteroatoms. The Morgan fingerprint density at radius 3 is 2.35 bits per heavy atom. The van der Waals surface area contributed by atoms with E-state index in [4.69, 9.17) is 5.11 Å². The molecule has 0 saturated heterocycles. The second-order valence-corrected chi connectivity index (χ2v) is 6.67. The molecule has 0 spiro atoms. The third kappa shape index (κ3) is 5.21. The number of hydrogen-bond acceptors (Lipinski definition) is 3. The maximum absolute atomic E-state index is 11.8. The second-order valence-electron chi connectivity index (χ2n) is 5.30. The Balaban J connectivity index is 2.46. The molecule has 1 rings (SSSR count). The minimum absolute atomic E-state index is 0.0466. The van der Waals surface area contributed by atoms with Crippen LogP contribution in [0, 0.1) is 12.8 Å². The van der Waals surface area contributed by atoms with Crippen molar-refractivity contribution < 1.29 is 14.7 Å². The number of aryl methyl sites for hydroxylation is 1. The predicted molar refractivity (Wildman–Crippen MR) is 80.2 cm³/mol. The standard InChI is InChI=1S/C14H22N2O3S/c1-8(2)12(13(17)18)16-14(19)15-9(3)7-11-6-5-10(4)20-11/h5-6,8-9,12H,7H2,1-4H3,(H,17,18)(H2,15,16,19). The molecule has 5 nitrogen and oxygen atoms in total. The van der Waals surface area contributed by atoms with Crippen molar-refractivity contribution in [3.05, 3.63) is 21.9 Å². The lowest BCUT2D eigenvalue weighted by Crippen LogP contribution is -2.50. The summed E-state index contributed by atoms with van der Waals surface area (Å²) in [5.74, 6) is -1.18. The Kier molecular flexibility index (Phi) is 6.01. The molecule has 1 aromatic heterocycles. The van der Waals surface area contributed by atoms with E-state index >= 15 is 0 Å². The molecule has 2 atom stereocenters. The lowest BCUT2D eigenvalue weighted by atomic mass is 10.1. The van der Waals surface area contributed by atoms with Gasteiger partial charge in [0.25, 0.3) is 0 Å². The van der Waals surface area contributed by atoms with Crippen LogP contribution in [0.25, 0.3) is 0 Å². The minimum atomic E-state index is -1.02. The number of urea groups is 1. The Hall–Kier alpha value is -1.56. The van der Waals surface area contributed by atoms with Crippen molar-refractivity contribution in [1.29, 1.82) is 0 Å². The molecule has 0 radical (unpaired) electrons. The van der Waals surface area contributed by atoms with Gasteiger partial charge < -0.3 is 15.7 Å². The third-order valence-corrected chi connectivity index (χ3v) is 3.92. The van der Waals surface area contributed by atoms with Crippen molar-refractivity contribution in [3.63, 3.8) is 0 Å². The average molecular weight is 298 g/mol. The topological polar surface area (TPSA) is 78.4 Å². The van der Waals surface area contributed by atoms with Crippen LogP contribution in [-0.4, -0.2) is 29.2 Å². The summed E-state index contributed by atoms with van der Waals surface area (Å²) in [6.45, 7) is 7.46. The van der Waals surface area contributed by atoms with Crippen LogP contribution in [0.3, 0.4) is 0 Å². The zero-order valence-electron chi connectivity index (χ0n) is 12.3. The fourth-order valence-corrected chi connectivity index (χ4v) is 2.89. The summed E-state index contributed by atoms with van der Waals surface area (Å²) in [6.07, 6.45) is 0.741. The van der Waals surface area contributed by atoms with Gasteiger partial charge in [-0.15, -0.1) is 11.3 Å². The molecule has 2 amide bonds. The zero-order valence-corrected chi connectivity index (χ0v) is 13.1. The maximum atomic E-state index is 11.8. The summed E-state index contributed by atoms with van der Waals surface area (Å²) in [6, 6.07) is 2.74. The lowest BCUT2D eigenvalue weighted by molar-refractivity contribution is -0.140. The number of carbonyl (C=O) groups excluding carboxylic acids is 1. The number of hydrogen-bond donors (Lipinski definition) is 3. The second kappa shape index (κ2) is 7.28. The molecule has 2 unspecified atom stereocenters. The van der Waals surface area contributed by atoms with Gasteiger partial charge >= 0.3 is 12.0 Å². The molecule has 20 heavy (non-hydrogen) atoms. The van der Waals surface area contributed by atoms with Gasteiger partial charge in [0.05, 0.1) is 0 Å². The maximum Gasteiger partial charge on any atom is 0.326 e. The van der Waals surface area contributed by atoms with Gasteiger partial charge in [0.15, 0.2) is 0 Å². The highest BCUT2D eigenvalue weighted by Gasteiger charge is 2.23. The van der Waals surface area contributed by atoms with Crippen LogP contribution in [-0.2, 0) is 11.2 Å². The monoisotopic (exact) mass is 298 g/mol. The fraction of sp³-hybridized carbons (Fsp3) is 0.571. The first-order valence-corrected chi connectivity index (χ1v) is 7.46. The molecule has 1 heterocycles. The molecule has 0 bridgehead atoms. The van der Waals surface area contributed by atoms with Crippen molar-refractivity contribution in [2.45, 2.75) is 46.2 Å². The average Bonchev–Trinajstić information content (AvgIpc) is 2.70. The highest BCUT2D eigenvalue weighted by Crippen LogP contribution is 2.16. The zero-order chi connectivity index (χ0) is 15.3. The van der Waals surface area contributed by atoms with Gasteiger partial charge in [0, 0.05) is 22.2 Å². The number of amides is 2. The normalized spacial score (nSPS) is 13.8. The first kappa shape index (κ1) is 16.5. The fourth-order valence-electron chi connectivity index (χ4n) is 1.87. The van der Waals surface area contributed by atoms with E-state index in [0.29, 0.717) is 0 Å². The van der Waals surface area contributed by atoms with Crippen molar-refractivity contribution in [2.24, 2.45) is 5.92 Å². The van der Waals surface area contributed by atoms with Crippen molar-refractivity contribution in [3.8, 4) is 0 Å². The van der Waals surface area contributed by atoms with Crippen molar-refractivity contribution >= 4 is 23.3 Å². The van der Waals surface area contributed by atoms with Crippen LogP contribution in [0.15, 0.2) is 12.1 Å². The summed E-state index contributed by atoms with van der Waals surface area (Å²) >= 11 is 1.70. The van der Waals surface area contributed by atoms with Crippen LogP contribution in [0.4, 0.5) is 4.79 Å². The minimum Gasteiger partial charge on any atom is -0.480 e. The molecule has 0 aliphatic carbocycles.